The SMILES string of the molecule is Brc1cccnc1Nc1ccsc1. The summed E-state index contributed by atoms with van der Waals surface area (Å²) in [5, 5.41) is 7.27. The van der Waals surface area contributed by atoms with E-state index in [-0.39, 0.29) is 0 Å². The Morgan fingerprint density at radius 2 is 2.31 bits per heavy atom. The van der Waals surface area contributed by atoms with E-state index in [9.17, 15) is 0 Å². The van der Waals surface area contributed by atoms with Crippen molar-refractivity contribution in [2.75, 3.05) is 5.32 Å². The molecule has 0 amide bonds. The van der Waals surface area contributed by atoms with Gasteiger partial charge in [0.1, 0.15) is 5.82 Å². The molecule has 2 aromatic heterocycles. The van der Waals surface area contributed by atoms with Gasteiger partial charge in [-0.15, -0.1) is 0 Å². The second-order valence-corrected chi connectivity index (χ2v) is 4.11. The molecule has 0 unspecified atom stereocenters. The first kappa shape index (κ1) is 8.72. The molecule has 2 rings (SSSR count). The van der Waals surface area contributed by atoms with Crippen molar-refractivity contribution in [3.05, 3.63) is 39.6 Å². The number of nitrogens with one attached hydrogen (secondary N) is 1. The van der Waals surface area contributed by atoms with Crippen LogP contribution in [-0.2, 0) is 0 Å². The van der Waals surface area contributed by atoms with Gasteiger partial charge in [-0.05, 0) is 39.5 Å². The van der Waals surface area contributed by atoms with Crippen LogP contribution in [-0.4, -0.2) is 4.98 Å². The average molecular weight is 255 g/mol. The van der Waals surface area contributed by atoms with Crippen molar-refractivity contribution >= 4 is 38.8 Å². The van der Waals surface area contributed by atoms with E-state index in [1.807, 2.05) is 29.0 Å². The molecule has 0 fully saturated rings. The van der Waals surface area contributed by atoms with E-state index in [2.05, 4.69) is 26.2 Å². The molecule has 0 bridgehead atoms. The molecule has 0 spiro atoms. The molecule has 0 saturated carbocycles. The number of nitrogens with zero attached hydrogens (tertiary/aromatic N) is 1. The third-order valence-electron chi connectivity index (χ3n) is 1.54. The first-order chi connectivity index (χ1) is 6.36. The minimum absolute atomic E-state index is 0.848. The summed E-state index contributed by atoms with van der Waals surface area (Å²) in [7, 11) is 0. The minimum atomic E-state index is 0.848. The Kier molecular flexibility index (Phi) is 2.61. The molecule has 0 saturated heterocycles. The Bertz CT molecular complexity index is 386. The molecule has 66 valence electrons. The fourth-order valence-corrected chi connectivity index (χ4v) is 1.89. The van der Waals surface area contributed by atoms with Gasteiger partial charge in [-0.1, -0.05) is 0 Å². The molecule has 2 heterocycles. The summed E-state index contributed by atoms with van der Waals surface area (Å²) in [6, 6.07) is 5.87. The van der Waals surface area contributed by atoms with Crippen LogP contribution in [0.1, 0.15) is 0 Å². The van der Waals surface area contributed by atoms with Gasteiger partial charge >= 0.3 is 0 Å². The van der Waals surface area contributed by atoms with E-state index in [0.29, 0.717) is 0 Å². The van der Waals surface area contributed by atoms with E-state index < -0.39 is 0 Å². The second kappa shape index (κ2) is 3.89. The Balaban J connectivity index is 2.24. The zero-order valence-corrected chi connectivity index (χ0v) is 9.10. The molecule has 0 aliphatic rings. The van der Waals surface area contributed by atoms with Gasteiger partial charge < -0.3 is 5.32 Å². The van der Waals surface area contributed by atoms with Crippen molar-refractivity contribution in [2.45, 2.75) is 0 Å². The van der Waals surface area contributed by atoms with Gasteiger partial charge in [0.2, 0.25) is 0 Å². The highest BCUT2D eigenvalue weighted by Crippen LogP contribution is 2.23. The number of pyridine rings is 1. The quantitative estimate of drug-likeness (QED) is 0.885. The number of anilines is 2. The van der Waals surface area contributed by atoms with Gasteiger partial charge in [0.05, 0.1) is 10.2 Å². The maximum atomic E-state index is 4.20. The van der Waals surface area contributed by atoms with Crippen molar-refractivity contribution < 1.29 is 0 Å². The summed E-state index contributed by atoms with van der Waals surface area (Å²) in [4.78, 5) is 4.20. The Hall–Kier alpha value is -0.870. The molecule has 0 aromatic carbocycles. The molecule has 2 nitrogen and oxygen atoms in total. The summed E-state index contributed by atoms with van der Waals surface area (Å²) in [5.74, 6) is 0.848. The molecule has 13 heavy (non-hydrogen) atoms. The van der Waals surface area contributed by atoms with Crippen LogP contribution < -0.4 is 5.32 Å². The Morgan fingerprint density at radius 3 is 3.00 bits per heavy atom. The van der Waals surface area contributed by atoms with E-state index in [4.69, 9.17) is 0 Å². The van der Waals surface area contributed by atoms with Gasteiger partial charge in [0, 0.05) is 11.6 Å². The summed E-state index contributed by atoms with van der Waals surface area (Å²) in [5.41, 5.74) is 1.07. The van der Waals surface area contributed by atoms with Gasteiger partial charge in [-0.3, -0.25) is 0 Å². The summed E-state index contributed by atoms with van der Waals surface area (Å²) < 4.78 is 0.973. The second-order valence-electron chi connectivity index (χ2n) is 2.47. The van der Waals surface area contributed by atoms with E-state index in [1.165, 1.54) is 0 Å². The number of hydrogen-bond donors (Lipinski definition) is 1. The van der Waals surface area contributed by atoms with Crippen molar-refractivity contribution in [2.24, 2.45) is 0 Å². The monoisotopic (exact) mass is 254 g/mol. The van der Waals surface area contributed by atoms with Crippen LogP contribution in [0.25, 0.3) is 0 Å². The van der Waals surface area contributed by atoms with Gasteiger partial charge in [-0.2, -0.15) is 11.3 Å². The van der Waals surface area contributed by atoms with Crippen LogP contribution in [0.15, 0.2) is 39.6 Å². The van der Waals surface area contributed by atoms with Crippen LogP contribution >= 0.6 is 27.3 Å². The Morgan fingerprint density at radius 1 is 1.38 bits per heavy atom. The number of halogens is 1. The minimum Gasteiger partial charge on any atom is -0.339 e. The first-order valence-electron chi connectivity index (χ1n) is 3.76. The van der Waals surface area contributed by atoms with Gasteiger partial charge in [0.15, 0.2) is 0 Å². The zero-order valence-electron chi connectivity index (χ0n) is 6.70. The summed E-state index contributed by atoms with van der Waals surface area (Å²) >= 11 is 5.08. The fraction of sp³-hybridized carbons (Fsp3) is 0. The Labute approximate surface area is 88.8 Å². The molecule has 0 aliphatic heterocycles. The normalized spacial score (nSPS) is 9.92. The molecule has 0 atom stereocenters. The molecule has 4 heteroatoms. The van der Waals surface area contributed by atoms with E-state index in [0.717, 1.165) is 16.0 Å². The van der Waals surface area contributed by atoms with Crippen molar-refractivity contribution in [1.29, 1.82) is 0 Å². The predicted molar refractivity (Wildman–Crippen MR) is 59.5 cm³/mol. The molecular formula is C9H7BrN2S. The van der Waals surface area contributed by atoms with Crippen molar-refractivity contribution in [3.63, 3.8) is 0 Å². The highest BCUT2D eigenvalue weighted by molar-refractivity contribution is 9.10. The lowest BCUT2D eigenvalue weighted by atomic mass is 10.4. The van der Waals surface area contributed by atoms with Gasteiger partial charge in [-0.25, -0.2) is 4.98 Å². The standard InChI is InChI=1S/C9H7BrN2S/c10-8-2-1-4-11-9(8)12-7-3-5-13-6-7/h1-6H,(H,11,12). The van der Waals surface area contributed by atoms with Crippen molar-refractivity contribution in [3.8, 4) is 0 Å². The lowest BCUT2D eigenvalue weighted by Gasteiger charge is -2.03. The highest BCUT2D eigenvalue weighted by atomic mass is 79.9. The van der Waals surface area contributed by atoms with Crippen LogP contribution in [0.5, 0.6) is 0 Å². The summed E-state index contributed by atoms with van der Waals surface area (Å²) in [6.07, 6.45) is 1.76. The van der Waals surface area contributed by atoms with Gasteiger partial charge in [0.25, 0.3) is 0 Å². The number of hydrogen-bond acceptors (Lipinski definition) is 3. The van der Waals surface area contributed by atoms with Crippen LogP contribution in [0.4, 0.5) is 11.5 Å². The zero-order chi connectivity index (χ0) is 9.10. The maximum Gasteiger partial charge on any atom is 0.144 e. The van der Waals surface area contributed by atoms with Crippen molar-refractivity contribution in [1.82, 2.24) is 4.98 Å². The van der Waals surface area contributed by atoms with Crippen LogP contribution in [0, 0.1) is 0 Å². The molecule has 0 radical (unpaired) electrons. The highest BCUT2D eigenvalue weighted by Gasteiger charge is 1.99. The maximum absolute atomic E-state index is 4.20. The topological polar surface area (TPSA) is 24.9 Å². The largest absolute Gasteiger partial charge is 0.339 e. The van der Waals surface area contributed by atoms with E-state index in [1.54, 1.807) is 17.5 Å². The fourth-order valence-electron chi connectivity index (χ4n) is 0.950. The molecule has 1 N–H and O–H groups in total. The number of thiophene rings is 1. The molecule has 2 aromatic rings. The first-order valence-corrected chi connectivity index (χ1v) is 5.49. The number of aromatic nitrogens is 1. The number of rotatable bonds is 2. The summed E-state index contributed by atoms with van der Waals surface area (Å²) in [6.45, 7) is 0. The molecular weight excluding hydrogens is 248 g/mol. The van der Waals surface area contributed by atoms with Crippen LogP contribution in [0.2, 0.25) is 0 Å². The third kappa shape index (κ3) is 2.08. The lowest BCUT2D eigenvalue weighted by Crippen LogP contribution is -1.91. The predicted octanol–water partition coefficient (Wildman–Crippen LogP) is 3.65. The third-order valence-corrected chi connectivity index (χ3v) is 2.87. The molecule has 0 aliphatic carbocycles. The smallest absolute Gasteiger partial charge is 0.144 e. The van der Waals surface area contributed by atoms with Crippen LogP contribution in [0.3, 0.4) is 0 Å². The van der Waals surface area contributed by atoms with E-state index >= 15 is 0 Å². The lowest BCUT2D eigenvalue weighted by molar-refractivity contribution is 1.29. The average Bonchev–Trinajstić information content (AvgIpc) is 2.61.